The standard InChI is InChI=1S/C21H27N5O3S/c1-15(27)25-13-11-17-18(14-25)23-21(24-20(17)22-2)19-10-6-7-12-26(19)30(28,29)16-8-4-3-5-9-16/h3-5,8-9,19H,6-7,10-14H2,1-2H3,(H,22,23,24)/t19-/m0/s1. The monoisotopic (exact) mass is 429 g/mol. The van der Waals surface area contributed by atoms with Gasteiger partial charge in [0.05, 0.1) is 23.2 Å². The third-order valence-corrected chi connectivity index (χ3v) is 7.79. The predicted octanol–water partition coefficient (Wildman–Crippen LogP) is 2.34. The van der Waals surface area contributed by atoms with Crippen LogP contribution in [-0.4, -0.2) is 53.6 Å². The molecule has 0 saturated carbocycles. The van der Waals surface area contributed by atoms with Crippen molar-refractivity contribution in [3.8, 4) is 0 Å². The zero-order chi connectivity index (χ0) is 21.3. The Bertz CT molecular complexity index is 1040. The van der Waals surface area contributed by atoms with Crippen LogP contribution in [0, 0.1) is 0 Å². The summed E-state index contributed by atoms with van der Waals surface area (Å²) in [7, 11) is -1.85. The van der Waals surface area contributed by atoms with E-state index in [0.717, 1.165) is 29.9 Å². The van der Waals surface area contributed by atoms with Crippen molar-refractivity contribution in [2.24, 2.45) is 0 Å². The van der Waals surface area contributed by atoms with Crippen LogP contribution in [0.4, 0.5) is 5.82 Å². The van der Waals surface area contributed by atoms with Gasteiger partial charge in [0.1, 0.15) is 11.6 Å². The Morgan fingerprint density at radius 1 is 1.13 bits per heavy atom. The molecule has 30 heavy (non-hydrogen) atoms. The van der Waals surface area contributed by atoms with Gasteiger partial charge >= 0.3 is 0 Å². The normalized spacial score (nSPS) is 19.9. The third kappa shape index (κ3) is 3.79. The van der Waals surface area contributed by atoms with E-state index in [-0.39, 0.29) is 10.8 Å². The molecule has 2 aromatic rings. The average Bonchev–Trinajstić information content (AvgIpc) is 2.78. The fourth-order valence-corrected chi connectivity index (χ4v) is 5.93. The molecule has 1 fully saturated rings. The summed E-state index contributed by atoms with van der Waals surface area (Å²) < 4.78 is 28.3. The van der Waals surface area contributed by atoms with Gasteiger partial charge in [0.25, 0.3) is 0 Å². The number of nitrogens with one attached hydrogen (secondary N) is 1. The molecule has 0 unspecified atom stereocenters. The molecule has 3 heterocycles. The van der Waals surface area contributed by atoms with Gasteiger partial charge in [-0.3, -0.25) is 4.79 Å². The first kappa shape index (κ1) is 20.7. The SMILES string of the molecule is CNc1nc([C@@H]2CCCCN2S(=O)(=O)c2ccccc2)nc2c1CCN(C(C)=O)C2. The van der Waals surface area contributed by atoms with Crippen LogP contribution in [0.3, 0.4) is 0 Å². The molecule has 0 spiro atoms. The van der Waals surface area contributed by atoms with Crippen molar-refractivity contribution in [3.05, 3.63) is 47.4 Å². The average molecular weight is 430 g/mol. The lowest BCUT2D eigenvalue weighted by Gasteiger charge is -2.35. The van der Waals surface area contributed by atoms with Crippen molar-refractivity contribution in [3.63, 3.8) is 0 Å². The molecule has 9 heteroatoms. The first-order chi connectivity index (χ1) is 14.4. The van der Waals surface area contributed by atoms with Crippen LogP contribution in [0.25, 0.3) is 0 Å². The summed E-state index contributed by atoms with van der Waals surface area (Å²) in [5, 5.41) is 3.14. The maximum atomic E-state index is 13.4. The molecule has 2 aliphatic heterocycles. The molecule has 0 radical (unpaired) electrons. The number of aromatic nitrogens is 2. The number of sulfonamides is 1. The lowest BCUT2D eigenvalue weighted by Crippen LogP contribution is -2.40. The molecule has 2 aliphatic rings. The molecule has 1 aromatic heterocycles. The van der Waals surface area contributed by atoms with Crippen molar-refractivity contribution in [2.45, 2.75) is 50.1 Å². The molecular weight excluding hydrogens is 402 g/mol. The zero-order valence-electron chi connectivity index (χ0n) is 17.3. The van der Waals surface area contributed by atoms with Crippen molar-refractivity contribution < 1.29 is 13.2 Å². The molecule has 0 aliphatic carbocycles. The molecule has 1 N–H and O–H groups in total. The molecule has 1 aromatic carbocycles. The van der Waals surface area contributed by atoms with Crippen molar-refractivity contribution in [1.82, 2.24) is 19.2 Å². The minimum atomic E-state index is -3.66. The highest BCUT2D eigenvalue weighted by atomic mass is 32.2. The summed E-state index contributed by atoms with van der Waals surface area (Å²) in [5.74, 6) is 1.24. The van der Waals surface area contributed by atoms with E-state index < -0.39 is 16.1 Å². The number of hydrogen-bond donors (Lipinski definition) is 1. The lowest BCUT2D eigenvalue weighted by molar-refractivity contribution is -0.129. The van der Waals surface area contributed by atoms with Crippen molar-refractivity contribution in [2.75, 3.05) is 25.5 Å². The minimum Gasteiger partial charge on any atom is -0.373 e. The van der Waals surface area contributed by atoms with E-state index in [1.54, 1.807) is 46.5 Å². The van der Waals surface area contributed by atoms with E-state index >= 15 is 0 Å². The maximum Gasteiger partial charge on any atom is 0.243 e. The number of rotatable bonds is 4. The number of carbonyl (C=O) groups is 1. The quantitative estimate of drug-likeness (QED) is 0.802. The Hall–Kier alpha value is -2.52. The van der Waals surface area contributed by atoms with Gasteiger partial charge < -0.3 is 10.2 Å². The summed E-state index contributed by atoms with van der Waals surface area (Å²) in [5.41, 5.74) is 1.81. The van der Waals surface area contributed by atoms with E-state index in [2.05, 4.69) is 5.32 Å². The van der Waals surface area contributed by atoms with E-state index in [1.807, 2.05) is 7.05 Å². The van der Waals surface area contributed by atoms with Crippen molar-refractivity contribution in [1.29, 1.82) is 0 Å². The first-order valence-corrected chi connectivity index (χ1v) is 11.8. The van der Waals surface area contributed by atoms with Gasteiger partial charge in [0, 0.05) is 32.6 Å². The Kier molecular flexibility index (Phi) is 5.75. The highest BCUT2D eigenvalue weighted by molar-refractivity contribution is 7.89. The van der Waals surface area contributed by atoms with Gasteiger partial charge in [0.2, 0.25) is 15.9 Å². The number of fused-ring (bicyclic) bond motifs is 1. The fraction of sp³-hybridized carbons (Fsp3) is 0.476. The van der Waals surface area contributed by atoms with E-state index in [4.69, 9.17) is 9.97 Å². The number of amides is 1. The van der Waals surface area contributed by atoms with Gasteiger partial charge in [-0.25, -0.2) is 18.4 Å². The smallest absolute Gasteiger partial charge is 0.243 e. The number of hydrogen-bond acceptors (Lipinski definition) is 6. The Balaban J connectivity index is 1.74. The first-order valence-electron chi connectivity index (χ1n) is 10.3. The second kappa shape index (κ2) is 8.31. The van der Waals surface area contributed by atoms with E-state index in [0.29, 0.717) is 38.3 Å². The summed E-state index contributed by atoms with van der Waals surface area (Å²) in [6, 6.07) is 8.10. The molecule has 8 nitrogen and oxygen atoms in total. The Morgan fingerprint density at radius 3 is 2.60 bits per heavy atom. The predicted molar refractivity (Wildman–Crippen MR) is 113 cm³/mol. The summed E-state index contributed by atoms with van der Waals surface area (Å²) in [6.45, 7) is 3.06. The van der Waals surface area contributed by atoms with Crippen LogP contribution in [0.5, 0.6) is 0 Å². The number of piperidine rings is 1. The topological polar surface area (TPSA) is 95.5 Å². The Morgan fingerprint density at radius 2 is 1.90 bits per heavy atom. The number of benzene rings is 1. The largest absolute Gasteiger partial charge is 0.373 e. The van der Waals surface area contributed by atoms with Crippen LogP contribution < -0.4 is 5.32 Å². The third-order valence-electron chi connectivity index (χ3n) is 5.87. The summed E-state index contributed by atoms with van der Waals surface area (Å²) in [6.07, 6.45) is 3.08. The lowest BCUT2D eigenvalue weighted by atomic mass is 10.0. The van der Waals surface area contributed by atoms with Crippen LogP contribution >= 0.6 is 0 Å². The second-order valence-corrected chi connectivity index (χ2v) is 9.63. The van der Waals surface area contributed by atoms with E-state index in [9.17, 15) is 13.2 Å². The molecule has 1 saturated heterocycles. The molecule has 0 bridgehead atoms. The highest BCUT2D eigenvalue weighted by Gasteiger charge is 2.37. The van der Waals surface area contributed by atoms with Gasteiger partial charge in [-0.2, -0.15) is 4.31 Å². The van der Waals surface area contributed by atoms with Gasteiger partial charge in [-0.05, 0) is 31.4 Å². The Labute approximate surface area is 177 Å². The zero-order valence-corrected chi connectivity index (χ0v) is 18.2. The van der Waals surface area contributed by atoms with Crippen LogP contribution in [0.1, 0.15) is 49.3 Å². The van der Waals surface area contributed by atoms with Gasteiger partial charge in [0.15, 0.2) is 0 Å². The molecule has 1 amide bonds. The number of anilines is 1. The van der Waals surface area contributed by atoms with Crippen LogP contribution in [-0.2, 0) is 27.8 Å². The fourth-order valence-electron chi connectivity index (χ4n) is 4.25. The number of nitrogens with zero attached hydrogens (tertiary/aromatic N) is 4. The minimum absolute atomic E-state index is 0.0118. The maximum absolute atomic E-state index is 13.4. The highest BCUT2D eigenvalue weighted by Crippen LogP contribution is 2.35. The second-order valence-electron chi connectivity index (χ2n) is 7.74. The summed E-state index contributed by atoms with van der Waals surface area (Å²) in [4.78, 5) is 23.4. The summed E-state index contributed by atoms with van der Waals surface area (Å²) >= 11 is 0. The molecule has 160 valence electrons. The molecule has 4 rings (SSSR count). The van der Waals surface area contributed by atoms with Gasteiger partial charge in [-0.1, -0.05) is 24.6 Å². The van der Waals surface area contributed by atoms with Crippen molar-refractivity contribution >= 4 is 21.7 Å². The number of carbonyl (C=O) groups excluding carboxylic acids is 1. The van der Waals surface area contributed by atoms with Gasteiger partial charge in [-0.15, -0.1) is 0 Å². The van der Waals surface area contributed by atoms with E-state index in [1.165, 1.54) is 0 Å². The molecule has 1 atom stereocenters. The molecular formula is C21H27N5O3S. The van der Waals surface area contributed by atoms with Crippen LogP contribution in [0.15, 0.2) is 35.2 Å². The van der Waals surface area contributed by atoms with Crippen LogP contribution in [0.2, 0.25) is 0 Å².